The molecule has 5 rings (SSSR count). The topological polar surface area (TPSA) is 121 Å². The molecule has 2 N–H and O–H groups in total. The number of aromatic amines is 1. The number of nitrogens with zero attached hydrogens (tertiary/aromatic N) is 2. The first-order valence-corrected chi connectivity index (χ1v) is 12.2. The summed E-state index contributed by atoms with van der Waals surface area (Å²) in [5, 5.41) is 2.20. The van der Waals surface area contributed by atoms with E-state index in [1.807, 2.05) is 30.3 Å². The number of allylic oxidation sites excluding steroid dienone is 4. The van der Waals surface area contributed by atoms with Crippen molar-refractivity contribution in [3.8, 4) is 5.69 Å². The highest BCUT2D eigenvalue weighted by Gasteiger charge is 2.36. The van der Waals surface area contributed by atoms with Gasteiger partial charge in [0, 0.05) is 6.20 Å². The molecule has 0 spiro atoms. The molecule has 1 saturated heterocycles. The average Bonchev–Trinajstić information content (AvgIpc) is 2.97. The summed E-state index contributed by atoms with van der Waals surface area (Å²) in [6.07, 6.45) is 7.39. The Morgan fingerprint density at radius 1 is 0.725 bits per heavy atom. The predicted molar refractivity (Wildman–Crippen MR) is 152 cm³/mol. The van der Waals surface area contributed by atoms with E-state index in [2.05, 4.69) is 10.3 Å². The number of H-pyrrole nitrogens is 1. The van der Waals surface area contributed by atoms with Gasteiger partial charge in [-0.2, -0.15) is 0 Å². The van der Waals surface area contributed by atoms with Crippen LogP contribution in [-0.4, -0.2) is 27.4 Å². The first kappa shape index (κ1) is 25.8. The third kappa shape index (κ3) is 5.25. The van der Waals surface area contributed by atoms with Gasteiger partial charge in [-0.25, -0.2) is 19.1 Å². The Morgan fingerprint density at radius 3 is 1.98 bits per heavy atom. The Hall–Kier alpha value is -5.83. The molecule has 9 nitrogen and oxygen atoms in total. The van der Waals surface area contributed by atoms with Crippen molar-refractivity contribution in [2.24, 2.45) is 0 Å². The zero-order valence-corrected chi connectivity index (χ0v) is 21.0. The van der Waals surface area contributed by atoms with E-state index in [0.29, 0.717) is 16.9 Å². The summed E-state index contributed by atoms with van der Waals surface area (Å²) in [7, 11) is 0. The average molecular weight is 531 g/mol. The van der Waals surface area contributed by atoms with Crippen molar-refractivity contribution in [2.75, 3.05) is 4.90 Å². The number of benzene rings is 3. The molecule has 0 unspecified atom stereocenters. The fraction of sp³-hybridized carbons (Fsp3) is 0. The standard InChI is InChI=1S/C31H22N4O5/c36-27-26(29(38)35(31(40)33-27)25-14-8-3-9-15-25)19-18-22(21-10-4-1-5-11-21)16-17-23-20-32-30(39)34(28(23)37)24-12-6-2-7-13-24/h1-20H,(H,32,39)(H,33,36,40). The highest BCUT2D eigenvalue weighted by molar-refractivity contribution is 6.37. The molecule has 1 aromatic heterocycles. The van der Waals surface area contributed by atoms with Crippen LogP contribution in [0.4, 0.5) is 10.5 Å². The van der Waals surface area contributed by atoms with Crippen LogP contribution in [0, 0.1) is 0 Å². The molecule has 0 radical (unpaired) electrons. The molecular weight excluding hydrogens is 508 g/mol. The number of carbonyl (C=O) groups excluding carboxylic acids is 3. The lowest BCUT2D eigenvalue weighted by atomic mass is 10.0. The number of hydrogen-bond acceptors (Lipinski definition) is 5. The van der Waals surface area contributed by atoms with E-state index in [9.17, 15) is 24.0 Å². The van der Waals surface area contributed by atoms with E-state index in [1.165, 1.54) is 18.3 Å². The number of anilines is 1. The number of carbonyl (C=O) groups is 3. The molecular formula is C31H22N4O5. The van der Waals surface area contributed by atoms with Gasteiger partial charge in [0.15, 0.2) is 0 Å². The van der Waals surface area contributed by atoms with Crippen molar-refractivity contribution in [3.63, 3.8) is 0 Å². The van der Waals surface area contributed by atoms with E-state index in [0.717, 1.165) is 15.0 Å². The maximum absolute atomic E-state index is 13.2. The Kier molecular flexibility index (Phi) is 7.28. The molecule has 1 fully saturated rings. The number of para-hydroxylation sites is 2. The second kappa shape index (κ2) is 11.3. The zero-order chi connectivity index (χ0) is 28.1. The van der Waals surface area contributed by atoms with E-state index in [4.69, 9.17) is 0 Å². The zero-order valence-electron chi connectivity index (χ0n) is 21.0. The summed E-state index contributed by atoms with van der Waals surface area (Å²) in [5.41, 5.74) is 0.935. The third-order valence-corrected chi connectivity index (χ3v) is 6.11. The second-order valence-electron chi connectivity index (χ2n) is 8.66. The Labute approximate surface area is 228 Å². The molecule has 196 valence electrons. The van der Waals surface area contributed by atoms with Gasteiger partial charge in [0.1, 0.15) is 5.57 Å². The largest absolute Gasteiger partial charge is 0.335 e. The van der Waals surface area contributed by atoms with Crippen LogP contribution < -0.4 is 21.5 Å². The molecule has 4 amide bonds. The maximum Gasteiger partial charge on any atom is 0.335 e. The van der Waals surface area contributed by atoms with Crippen LogP contribution in [0.5, 0.6) is 0 Å². The number of nitrogens with one attached hydrogen (secondary N) is 2. The molecule has 9 heteroatoms. The Morgan fingerprint density at radius 2 is 1.32 bits per heavy atom. The number of imide groups is 2. The molecule has 2 heterocycles. The molecule has 1 aliphatic heterocycles. The van der Waals surface area contributed by atoms with Crippen molar-refractivity contribution in [1.29, 1.82) is 0 Å². The first-order valence-electron chi connectivity index (χ1n) is 12.2. The highest BCUT2D eigenvalue weighted by atomic mass is 16.2. The van der Waals surface area contributed by atoms with Crippen LogP contribution in [-0.2, 0) is 9.59 Å². The number of urea groups is 1. The molecule has 3 aromatic carbocycles. The summed E-state index contributed by atoms with van der Waals surface area (Å²) < 4.78 is 1.04. The maximum atomic E-state index is 13.2. The molecule has 0 bridgehead atoms. The lowest BCUT2D eigenvalue weighted by Crippen LogP contribution is -2.54. The van der Waals surface area contributed by atoms with Crippen LogP contribution in [0.2, 0.25) is 0 Å². The van der Waals surface area contributed by atoms with Crippen LogP contribution in [0.25, 0.3) is 17.3 Å². The lowest BCUT2D eigenvalue weighted by molar-refractivity contribution is -0.122. The van der Waals surface area contributed by atoms with Crippen LogP contribution >= 0.6 is 0 Å². The lowest BCUT2D eigenvalue weighted by Gasteiger charge is -2.26. The van der Waals surface area contributed by atoms with Crippen LogP contribution in [0.1, 0.15) is 11.1 Å². The van der Waals surface area contributed by atoms with Gasteiger partial charge in [0.05, 0.1) is 16.9 Å². The van der Waals surface area contributed by atoms with E-state index < -0.39 is 29.1 Å². The van der Waals surface area contributed by atoms with Crippen molar-refractivity contribution in [1.82, 2.24) is 14.9 Å². The molecule has 0 saturated carbocycles. The van der Waals surface area contributed by atoms with E-state index in [-0.39, 0.29) is 11.1 Å². The summed E-state index contributed by atoms with van der Waals surface area (Å²) >= 11 is 0. The summed E-state index contributed by atoms with van der Waals surface area (Å²) in [6.45, 7) is 0. The van der Waals surface area contributed by atoms with Crippen molar-refractivity contribution in [3.05, 3.63) is 153 Å². The van der Waals surface area contributed by atoms with Gasteiger partial charge < -0.3 is 4.98 Å². The van der Waals surface area contributed by atoms with Gasteiger partial charge in [-0.05, 0) is 47.6 Å². The summed E-state index contributed by atoms with van der Waals surface area (Å²) in [4.78, 5) is 67.2. The van der Waals surface area contributed by atoms with Gasteiger partial charge in [-0.1, -0.05) is 78.9 Å². The van der Waals surface area contributed by atoms with Gasteiger partial charge in [0.2, 0.25) is 0 Å². The monoisotopic (exact) mass is 530 g/mol. The molecule has 40 heavy (non-hydrogen) atoms. The molecule has 0 atom stereocenters. The normalized spacial score (nSPS) is 15.1. The molecule has 0 aliphatic carbocycles. The number of barbiturate groups is 1. The predicted octanol–water partition coefficient (Wildman–Crippen LogP) is 3.83. The Bertz CT molecular complexity index is 1800. The number of amides is 4. The fourth-order valence-corrected chi connectivity index (χ4v) is 4.14. The number of rotatable bonds is 6. The Balaban J connectivity index is 1.55. The smallest absolute Gasteiger partial charge is 0.313 e. The number of aromatic nitrogens is 2. The third-order valence-electron chi connectivity index (χ3n) is 6.11. The fourth-order valence-electron chi connectivity index (χ4n) is 4.14. The van der Waals surface area contributed by atoms with Crippen LogP contribution in [0.15, 0.2) is 131 Å². The summed E-state index contributed by atoms with van der Waals surface area (Å²) in [6, 6.07) is 25.1. The van der Waals surface area contributed by atoms with E-state index >= 15 is 0 Å². The van der Waals surface area contributed by atoms with Gasteiger partial charge in [-0.15, -0.1) is 0 Å². The first-order chi connectivity index (χ1) is 19.4. The highest BCUT2D eigenvalue weighted by Crippen LogP contribution is 2.22. The van der Waals surface area contributed by atoms with E-state index in [1.54, 1.807) is 72.8 Å². The van der Waals surface area contributed by atoms with Gasteiger partial charge in [-0.3, -0.25) is 19.7 Å². The minimum absolute atomic E-state index is 0.213. The second-order valence-corrected chi connectivity index (χ2v) is 8.66. The van der Waals surface area contributed by atoms with Gasteiger partial charge in [0.25, 0.3) is 17.4 Å². The molecule has 1 aliphatic rings. The van der Waals surface area contributed by atoms with Crippen molar-refractivity contribution < 1.29 is 14.4 Å². The SMILES string of the molecule is O=C1NC(=O)N(c2ccccc2)C(=O)C1=CC=C(C=Cc1c[nH]c(=O)n(-c2ccccc2)c1=O)c1ccccc1. The van der Waals surface area contributed by atoms with Crippen molar-refractivity contribution >= 4 is 35.2 Å². The van der Waals surface area contributed by atoms with Crippen LogP contribution in [0.3, 0.4) is 0 Å². The van der Waals surface area contributed by atoms with Gasteiger partial charge >= 0.3 is 11.7 Å². The van der Waals surface area contributed by atoms with Crippen molar-refractivity contribution in [2.45, 2.75) is 0 Å². The molecule has 4 aromatic rings. The minimum Gasteiger partial charge on any atom is -0.313 e. The minimum atomic E-state index is -0.835. The summed E-state index contributed by atoms with van der Waals surface area (Å²) in [5.74, 6) is -1.58. The quantitative estimate of drug-likeness (QED) is 0.223. The number of hydrogen-bond donors (Lipinski definition) is 2.